The molecule has 2 aromatic rings. The van der Waals surface area contributed by atoms with E-state index in [2.05, 4.69) is 11.2 Å². The van der Waals surface area contributed by atoms with Crippen LogP contribution in [0.4, 0.5) is 8.78 Å². The molecule has 0 bridgehead atoms. The maximum absolute atomic E-state index is 14.1. The van der Waals surface area contributed by atoms with Gasteiger partial charge in [0.2, 0.25) is 5.91 Å². The molecule has 3 rings (SSSR count). The molecule has 0 aliphatic heterocycles. The number of hydrogen-bond acceptors (Lipinski definition) is 2. The van der Waals surface area contributed by atoms with Crippen LogP contribution in [0.15, 0.2) is 47.6 Å². The molecule has 1 amide bonds. The van der Waals surface area contributed by atoms with Gasteiger partial charge in [0.1, 0.15) is 11.6 Å². The number of nitrogens with zero attached hydrogens (tertiary/aromatic N) is 2. The molecule has 1 aliphatic rings. The quantitative estimate of drug-likeness (QED) is 0.575. The van der Waals surface area contributed by atoms with Gasteiger partial charge in [-0.2, -0.15) is 5.10 Å². The zero-order valence-electron chi connectivity index (χ0n) is 15.2. The molecule has 0 saturated heterocycles. The number of hydrazone groups is 1. The molecule has 0 fully saturated rings. The minimum absolute atomic E-state index is 0.0592. The number of aryl methyl sites for hydroxylation is 1. The first-order valence-electron chi connectivity index (χ1n) is 8.73. The van der Waals surface area contributed by atoms with E-state index in [1.807, 2.05) is 25.1 Å². The SMILES string of the molecule is CC(=O)N(/N=C(\C)c1cc(F)ccc1F)C1(C)CCCc2ccccc21. The largest absolute Gasteiger partial charge is 0.273 e. The van der Waals surface area contributed by atoms with Gasteiger partial charge in [0.15, 0.2) is 0 Å². The van der Waals surface area contributed by atoms with Gasteiger partial charge in [-0.15, -0.1) is 0 Å². The molecule has 2 aromatic carbocycles. The first-order chi connectivity index (χ1) is 12.3. The van der Waals surface area contributed by atoms with Gasteiger partial charge in [-0.25, -0.2) is 13.8 Å². The number of carbonyl (C=O) groups is 1. The number of halogens is 2. The van der Waals surface area contributed by atoms with Crippen LogP contribution < -0.4 is 0 Å². The van der Waals surface area contributed by atoms with Crippen molar-refractivity contribution >= 4 is 11.6 Å². The van der Waals surface area contributed by atoms with E-state index in [4.69, 9.17) is 0 Å². The lowest BCUT2D eigenvalue weighted by molar-refractivity contribution is -0.135. The van der Waals surface area contributed by atoms with Gasteiger partial charge in [-0.3, -0.25) is 4.79 Å². The third kappa shape index (κ3) is 3.26. The highest BCUT2D eigenvalue weighted by Crippen LogP contribution is 2.40. The summed E-state index contributed by atoms with van der Waals surface area (Å²) in [4.78, 5) is 12.4. The summed E-state index contributed by atoms with van der Waals surface area (Å²) in [5.74, 6) is -1.34. The fourth-order valence-electron chi connectivity index (χ4n) is 3.75. The third-order valence-electron chi connectivity index (χ3n) is 5.04. The molecular formula is C21H22F2N2O. The topological polar surface area (TPSA) is 32.7 Å². The van der Waals surface area contributed by atoms with Crippen molar-refractivity contribution in [2.45, 2.75) is 45.6 Å². The fourth-order valence-corrected chi connectivity index (χ4v) is 3.75. The Kier molecular flexibility index (Phi) is 4.90. The maximum atomic E-state index is 14.1. The van der Waals surface area contributed by atoms with Crippen molar-refractivity contribution in [3.05, 3.63) is 70.8 Å². The zero-order valence-corrected chi connectivity index (χ0v) is 15.2. The van der Waals surface area contributed by atoms with E-state index in [1.54, 1.807) is 6.92 Å². The summed E-state index contributed by atoms with van der Waals surface area (Å²) in [6.07, 6.45) is 2.64. The Bertz CT molecular complexity index is 878. The normalized spacial score (nSPS) is 19.8. The lowest BCUT2D eigenvalue weighted by Crippen LogP contribution is -2.46. The fraction of sp³-hybridized carbons (Fsp3) is 0.333. The molecule has 5 heteroatoms. The Balaban J connectivity index is 2.08. The highest BCUT2D eigenvalue weighted by Gasteiger charge is 2.39. The Morgan fingerprint density at radius 2 is 1.88 bits per heavy atom. The van der Waals surface area contributed by atoms with Gasteiger partial charge in [-0.1, -0.05) is 24.3 Å². The smallest absolute Gasteiger partial charge is 0.240 e. The number of fused-ring (bicyclic) bond motifs is 1. The number of carbonyl (C=O) groups excluding carboxylic acids is 1. The van der Waals surface area contributed by atoms with Crippen molar-refractivity contribution < 1.29 is 13.6 Å². The molecule has 136 valence electrons. The minimum Gasteiger partial charge on any atom is -0.273 e. The second-order valence-electron chi connectivity index (χ2n) is 6.92. The van der Waals surface area contributed by atoms with Crippen LogP contribution in [0.3, 0.4) is 0 Å². The van der Waals surface area contributed by atoms with Gasteiger partial charge in [0.05, 0.1) is 11.3 Å². The average molecular weight is 356 g/mol. The molecule has 0 saturated carbocycles. The molecule has 26 heavy (non-hydrogen) atoms. The summed E-state index contributed by atoms with van der Waals surface area (Å²) >= 11 is 0. The van der Waals surface area contributed by atoms with Crippen molar-refractivity contribution in [2.24, 2.45) is 5.10 Å². The van der Waals surface area contributed by atoms with Crippen LogP contribution >= 0.6 is 0 Å². The second-order valence-corrected chi connectivity index (χ2v) is 6.92. The molecule has 0 N–H and O–H groups in total. The predicted molar refractivity (Wildman–Crippen MR) is 97.8 cm³/mol. The Hall–Kier alpha value is -2.56. The molecule has 0 radical (unpaired) electrons. The Morgan fingerprint density at radius 3 is 2.62 bits per heavy atom. The summed E-state index contributed by atoms with van der Waals surface area (Å²) in [6, 6.07) is 11.2. The van der Waals surface area contributed by atoms with Crippen molar-refractivity contribution in [1.82, 2.24) is 5.01 Å². The van der Waals surface area contributed by atoms with Crippen molar-refractivity contribution in [2.75, 3.05) is 0 Å². The van der Waals surface area contributed by atoms with Gasteiger partial charge in [0, 0.05) is 12.5 Å². The summed E-state index contributed by atoms with van der Waals surface area (Å²) < 4.78 is 27.6. The number of benzene rings is 2. The molecule has 3 nitrogen and oxygen atoms in total. The second kappa shape index (κ2) is 6.98. The van der Waals surface area contributed by atoms with Gasteiger partial charge < -0.3 is 0 Å². The molecule has 1 aliphatic carbocycles. The van der Waals surface area contributed by atoms with Crippen LogP contribution in [0.2, 0.25) is 0 Å². The minimum atomic E-state index is -0.619. The van der Waals surface area contributed by atoms with E-state index in [0.29, 0.717) is 0 Å². The van der Waals surface area contributed by atoms with Crippen LogP contribution in [0.5, 0.6) is 0 Å². The van der Waals surface area contributed by atoms with Crippen LogP contribution in [0.1, 0.15) is 50.3 Å². The van der Waals surface area contributed by atoms with Crippen LogP contribution in [0.25, 0.3) is 0 Å². The number of hydrogen-bond donors (Lipinski definition) is 0. The zero-order chi connectivity index (χ0) is 18.9. The average Bonchev–Trinajstić information content (AvgIpc) is 2.61. The molecule has 0 heterocycles. The summed E-state index contributed by atoms with van der Waals surface area (Å²) in [5.41, 5.74) is 1.95. The van der Waals surface area contributed by atoms with E-state index in [0.717, 1.165) is 43.0 Å². The molecule has 1 atom stereocenters. The third-order valence-corrected chi connectivity index (χ3v) is 5.04. The summed E-state index contributed by atoms with van der Waals surface area (Å²) in [6.45, 7) is 5.01. The van der Waals surface area contributed by atoms with Gasteiger partial charge in [-0.05, 0) is 62.4 Å². The van der Waals surface area contributed by atoms with Crippen LogP contribution in [0, 0.1) is 11.6 Å². The standard InChI is InChI=1S/C21H22F2N2O/c1-14(18-13-17(22)10-11-20(18)23)24-25(15(2)26)21(3)12-6-8-16-7-4-5-9-19(16)21/h4-5,7,9-11,13H,6,8,12H2,1-3H3/b24-14+. The summed E-state index contributed by atoms with van der Waals surface area (Å²) in [7, 11) is 0. The first kappa shape index (κ1) is 18.2. The van der Waals surface area contributed by atoms with Crippen LogP contribution in [-0.2, 0) is 16.8 Å². The van der Waals surface area contributed by atoms with Crippen LogP contribution in [-0.4, -0.2) is 16.6 Å². The van der Waals surface area contributed by atoms with E-state index in [9.17, 15) is 13.6 Å². The summed E-state index contributed by atoms with van der Waals surface area (Å²) in [5, 5.41) is 5.86. The van der Waals surface area contributed by atoms with E-state index in [-0.39, 0.29) is 17.2 Å². The highest BCUT2D eigenvalue weighted by molar-refractivity contribution is 5.99. The van der Waals surface area contributed by atoms with E-state index >= 15 is 0 Å². The first-order valence-corrected chi connectivity index (χ1v) is 8.73. The highest BCUT2D eigenvalue weighted by atomic mass is 19.1. The van der Waals surface area contributed by atoms with Crippen molar-refractivity contribution in [3.8, 4) is 0 Å². The monoisotopic (exact) mass is 356 g/mol. The lowest BCUT2D eigenvalue weighted by atomic mass is 9.77. The van der Waals surface area contributed by atoms with Gasteiger partial charge in [0.25, 0.3) is 0 Å². The van der Waals surface area contributed by atoms with E-state index < -0.39 is 17.2 Å². The molecule has 1 unspecified atom stereocenters. The number of amides is 1. The molecule has 0 aromatic heterocycles. The Labute approximate surface area is 152 Å². The van der Waals surface area contributed by atoms with Crippen molar-refractivity contribution in [1.29, 1.82) is 0 Å². The predicted octanol–water partition coefficient (Wildman–Crippen LogP) is 4.79. The van der Waals surface area contributed by atoms with Gasteiger partial charge >= 0.3 is 0 Å². The lowest BCUT2D eigenvalue weighted by Gasteiger charge is -2.42. The van der Waals surface area contributed by atoms with Crippen molar-refractivity contribution in [3.63, 3.8) is 0 Å². The molecular weight excluding hydrogens is 334 g/mol. The molecule has 0 spiro atoms. The number of rotatable bonds is 3. The van der Waals surface area contributed by atoms with E-state index in [1.165, 1.54) is 17.5 Å². The maximum Gasteiger partial charge on any atom is 0.240 e. The Morgan fingerprint density at radius 1 is 1.15 bits per heavy atom.